The van der Waals surface area contributed by atoms with Crippen LogP contribution in [0.2, 0.25) is 0 Å². The van der Waals surface area contributed by atoms with E-state index >= 15 is 0 Å². The highest BCUT2D eigenvalue weighted by Gasteiger charge is 1.55. The van der Waals surface area contributed by atoms with Gasteiger partial charge in [0.05, 0.1) is 0 Å². The zero-order valence-electron chi connectivity index (χ0n) is 4.81. The zero-order valence-corrected chi connectivity index (χ0v) is 4.81. The lowest BCUT2D eigenvalue weighted by Gasteiger charge is -1.49. The largest absolute Gasteiger partial charge is 0.368 e. The zero-order chi connectivity index (χ0) is 5.54. The monoisotopic (exact) mass is 97.1 g/mol. The van der Waals surface area contributed by atoms with Crippen molar-refractivity contribution < 1.29 is 0 Å². The molecule has 0 spiro atoms. The van der Waals surface area contributed by atoms with E-state index in [-0.39, 0.29) is 0 Å². The molecule has 0 bridgehead atoms. The van der Waals surface area contributed by atoms with Crippen molar-refractivity contribution in [1.29, 1.82) is 0 Å². The average molecular weight is 97.2 g/mol. The molecule has 1 N–H and O–H groups in total. The number of nitrogens with one attached hydrogen (secondary N) is 1. The number of hydrogen-bond acceptors (Lipinski definition) is 0. The summed E-state index contributed by atoms with van der Waals surface area (Å²) in [6.07, 6.45) is 3.75. The maximum absolute atomic E-state index is 2.86. The second-order valence-electron chi connectivity index (χ2n) is 0.885. The second kappa shape index (κ2) is 5.28. The normalized spacial score (nSPS) is 6.57. The molecule has 1 nitrogen and oxygen atoms in total. The molecule has 7 heavy (non-hydrogen) atoms. The van der Waals surface area contributed by atoms with Gasteiger partial charge in [0, 0.05) is 12.4 Å². The third-order valence-electron chi connectivity index (χ3n) is 0.496. The van der Waals surface area contributed by atoms with Gasteiger partial charge in [0.1, 0.15) is 0 Å². The molecule has 0 aliphatic heterocycles. The molecule has 0 amide bonds. The predicted molar refractivity (Wildman–Crippen MR) is 32.1 cm³/mol. The number of aromatic amines is 1. The minimum atomic E-state index is 1.88. The van der Waals surface area contributed by atoms with Crippen LogP contribution in [0.3, 0.4) is 0 Å². The SMILES string of the molecule is CC.c1cc[nH]c1. The molecule has 0 radical (unpaired) electrons. The summed E-state index contributed by atoms with van der Waals surface area (Å²) in [4.78, 5) is 2.86. The maximum Gasteiger partial charge on any atom is 0.000496 e. The quantitative estimate of drug-likeness (QED) is 0.510. The smallest absolute Gasteiger partial charge is 0.000496 e. The van der Waals surface area contributed by atoms with Crippen LogP contribution in [0.15, 0.2) is 24.5 Å². The van der Waals surface area contributed by atoms with Gasteiger partial charge >= 0.3 is 0 Å². The second-order valence-corrected chi connectivity index (χ2v) is 0.885. The van der Waals surface area contributed by atoms with Gasteiger partial charge in [-0.05, 0) is 12.1 Å². The van der Waals surface area contributed by atoms with Crippen molar-refractivity contribution in [2.75, 3.05) is 0 Å². The van der Waals surface area contributed by atoms with Gasteiger partial charge in [0.25, 0.3) is 0 Å². The molecule has 0 aromatic carbocycles. The molecule has 40 valence electrons. The first-order valence-electron chi connectivity index (χ1n) is 2.58. The Bertz CT molecular complexity index is 60.7. The summed E-state index contributed by atoms with van der Waals surface area (Å²) in [7, 11) is 0. The van der Waals surface area contributed by atoms with Crippen molar-refractivity contribution in [1.82, 2.24) is 4.98 Å². The molecular weight excluding hydrogens is 86.1 g/mol. The highest BCUT2D eigenvalue weighted by Crippen LogP contribution is 1.72. The molecule has 0 saturated heterocycles. The first-order chi connectivity index (χ1) is 3.50. The summed E-state index contributed by atoms with van der Waals surface area (Å²) in [5.74, 6) is 0. The Morgan fingerprint density at radius 2 is 1.43 bits per heavy atom. The summed E-state index contributed by atoms with van der Waals surface area (Å²) in [6.45, 7) is 4.00. The van der Waals surface area contributed by atoms with E-state index in [1.165, 1.54) is 0 Å². The standard InChI is InChI=1S/C4H5N.C2H6/c1-2-4-5-3-1;1-2/h1-5H;1-2H3. The van der Waals surface area contributed by atoms with Crippen LogP contribution in [-0.4, -0.2) is 4.98 Å². The van der Waals surface area contributed by atoms with E-state index in [1.807, 2.05) is 38.4 Å². The summed E-state index contributed by atoms with van der Waals surface area (Å²) in [5, 5.41) is 0. The summed E-state index contributed by atoms with van der Waals surface area (Å²) in [6, 6.07) is 3.89. The maximum atomic E-state index is 2.86. The summed E-state index contributed by atoms with van der Waals surface area (Å²) < 4.78 is 0. The highest BCUT2D eigenvalue weighted by molar-refractivity contribution is 4.84. The fourth-order valence-corrected chi connectivity index (χ4v) is 0.278. The Hall–Kier alpha value is -0.720. The first-order valence-corrected chi connectivity index (χ1v) is 2.58. The topological polar surface area (TPSA) is 15.8 Å². The predicted octanol–water partition coefficient (Wildman–Crippen LogP) is 2.04. The van der Waals surface area contributed by atoms with Crippen LogP contribution in [0.1, 0.15) is 13.8 Å². The van der Waals surface area contributed by atoms with Gasteiger partial charge in [-0.2, -0.15) is 0 Å². The van der Waals surface area contributed by atoms with Gasteiger partial charge in [-0.3, -0.25) is 0 Å². The molecule has 0 atom stereocenters. The van der Waals surface area contributed by atoms with Crippen molar-refractivity contribution in [3.63, 3.8) is 0 Å². The molecule has 0 saturated carbocycles. The number of H-pyrrole nitrogens is 1. The van der Waals surface area contributed by atoms with Crippen molar-refractivity contribution in [3.05, 3.63) is 24.5 Å². The van der Waals surface area contributed by atoms with Gasteiger partial charge in [-0.25, -0.2) is 0 Å². The van der Waals surface area contributed by atoms with Gasteiger partial charge in [0.15, 0.2) is 0 Å². The van der Waals surface area contributed by atoms with E-state index in [0.717, 1.165) is 0 Å². The van der Waals surface area contributed by atoms with E-state index in [4.69, 9.17) is 0 Å². The minimum absolute atomic E-state index is 1.88. The first kappa shape index (κ1) is 6.28. The molecule has 0 aliphatic carbocycles. The lowest BCUT2D eigenvalue weighted by atomic mass is 10.7. The van der Waals surface area contributed by atoms with Crippen LogP contribution in [0.25, 0.3) is 0 Å². The number of aromatic nitrogens is 1. The van der Waals surface area contributed by atoms with Crippen LogP contribution in [0.5, 0.6) is 0 Å². The fourth-order valence-electron chi connectivity index (χ4n) is 0.278. The molecule has 0 aliphatic rings. The number of rotatable bonds is 0. The Kier molecular flexibility index (Phi) is 4.74. The van der Waals surface area contributed by atoms with Crippen LogP contribution < -0.4 is 0 Å². The van der Waals surface area contributed by atoms with Crippen molar-refractivity contribution >= 4 is 0 Å². The van der Waals surface area contributed by atoms with Crippen LogP contribution in [-0.2, 0) is 0 Å². The van der Waals surface area contributed by atoms with Gasteiger partial charge < -0.3 is 4.98 Å². The molecule has 0 fully saturated rings. The third kappa shape index (κ3) is 3.10. The van der Waals surface area contributed by atoms with E-state index in [1.54, 1.807) is 0 Å². The lowest BCUT2D eigenvalue weighted by molar-refractivity contribution is 1.42. The Labute approximate surface area is 44.4 Å². The van der Waals surface area contributed by atoms with E-state index in [2.05, 4.69) is 4.98 Å². The molecule has 1 heteroatoms. The average Bonchev–Trinajstić information content (AvgIpc) is 2.23. The third-order valence-corrected chi connectivity index (χ3v) is 0.496. The lowest BCUT2D eigenvalue weighted by Crippen LogP contribution is -1.38. The molecule has 1 heterocycles. The fraction of sp³-hybridized carbons (Fsp3) is 0.333. The van der Waals surface area contributed by atoms with Crippen molar-refractivity contribution in [2.24, 2.45) is 0 Å². The molecule has 1 aromatic heterocycles. The molecule has 1 aromatic rings. The summed E-state index contributed by atoms with van der Waals surface area (Å²) >= 11 is 0. The van der Waals surface area contributed by atoms with E-state index < -0.39 is 0 Å². The van der Waals surface area contributed by atoms with E-state index in [0.29, 0.717) is 0 Å². The van der Waals surface area contributed by atoms with Crippen molar-refractivity contribution in [3.8, 4) is 0 Å². The van der Waals surface area contributed by atoms with Crippen LogP contribution in [0, 0.1) is 0 Å². The minimum Gasteiger partial charge on any atom is -0.368 e. The molecule has 0 unspecified atom stereocenters. The van der Waals surface area contributed by atoms with Crippen molar-refractivity contribution in [2.45, 2.75) is 13.8 Å². The molecular formula is C6H11N. The highest BCUT2D eigenvalue weighted by atomic mass is 14.6. The van der Waals surface area contributed by atoms with Gasteiger partial charge in [-0.1, -0.05) is 13.8 Å². The Morgan fingerprint density at radius 1 is 1.00 bits per heavy atom. The Morgan fingerprint density at radius 3 is 1.57 bits per heavy atom. The van der Waals surface area contributed by atoms with Gasteiger partial charge in [-0.15, -0.1) is 0 Å². The van der Waals surface area contributed by atoms with Crippen LogP contribution in [0.4, 0.5) is 0 Å². The van der Waals surface area contributed by atoms with Crippen LogP contribution >= 0.6 is 0 Å². The summed E-state index contributed by atoms with van der Waals surface area (Å²) in [5.41, 5.74) is 0. The molecule has 1 rings (SSSR count). The van der Waals surface area contributed by atoms with Gasteiger partial charge in [0.2, 0.25) is 0 Å². The van der Waals surface area contributed by atoms with E-state index in [9.17, 15) is 0 Å². The number of hydrogen-bond donors (Lipinski definition) is 1. The Balaban J connectivity index is 0.000000162.